The van der Waals surface area contributed by atoms with Gasteiger partial charge in [0.05, 0.1) is 11.3 Å². The number of benzene rings is 1. The van der Waals surface area contributed by atoms with Crippen molar-refractivity contribution < 1.29 is 4.79 Å². The van der Waals surface area contributed by atoms with Gasteiger partial charge in [0.25, 0.3) is 5.91 Å². The van der Waals surface area contributed by atoms with Crippen LogP contribution in [0.15, 0.2) is 36.5 Å². The second-order valence-electron chi connectivity index (χ2n) is 3.20. The zero-order chi connectivity index (χ0) is 10.7. The lowest BCUT2D eigenvalue weighted by Gasteiger charge is -2.02. The molecule has 1 heterocycles. The van der Waals surface area contributed by atoms with E-state index in [0.717, 1.165) is 5.69 Å². The maximum Gasteiger partial charge on any atom is 0.259 e. The number of nitrogens with zero attached hydrogens (tertiary/aromatic N) is 1. The molecule has 2 aromatic rings. The molecule has 1 aromatic heterocycles. The average Bonchev–Trinajstić information content (AvgIpc) is 2.66. The Kier molecular flexibility index (Phi) is 2.49. The Bertz CT molecular complexity index is 462. The minimum atomic E-state index is -0.146. The van der Waals surface area contributed by atoms with Gasteiger partial charge in [0, 0.05) is 11.9 Å². The van der Waals surface area contributed by atoms with E-state index in [1.807, 2.05) is 30.3 Å². The highest BCUT2D eigenvalue weighted by Gasteiger charge is 2.10. The first-order chi connectivity index (χ1) is 7.27. The third-order valence-electron chi connectivity index (χ3n) is 2.11. The zero-order valence-electron chi connectivity index (χ0n) is 8.32. The van der Waals surface area contributed by atoms with Crippen molar-refractivity contribution in [1.82, 2.24) is 10.2 Å². The number of anilines is 1. The van der Waals surface area contributed by atoms with E-state index in [0.29, 0.717) is 11.3 Å². The normalized spacial score (nSPS) is 9.93. The van der Waals surface area contributed by atoms with Crippen molar-refractivity contribution in [1.29, 1.82) is 0 Å². The predicted octanol–water partition coefficient (Wildman–Crippen LogP) is 1.97. The molecule has 0 radical (unpaired) electrons. The fraction of sp³-hybridized carbons (Fsp3) is 0.0909. The van der Waals surface area contributed by atoms with E-state index in [1.165, 1.54) is 0 Å². The van der Waals surface area contributed by atoms with Gasteiger partial charge in [-0.2, -0.15) is 5.10 Å². The first-order valence-corrected chi connectivity index (χ1v) is 4.64. The Morgan fingerprint density at radius 2 is 2.07 bits per heavy atom. The van der Waals surface area contributed by atoms with Crippen LogP contribution in [0.3, 0.4) is 0 Å². The number of nitrogens with one attached hydrogen (secondary N) is 2. The highest BCUT2D eigenvalue weighted by atomic mass is 16.1. The molecule has 0 unspecified atom stereocenters. The maximum atomic E-state index is 11.7. The summed E-state index contributed by atoms with van der Waals surface area (Å²) in [7, 11) is 0. The molecule has 0 atom stereocenters. The van der Waals surface area contributed by atoms with E-state index < -0.39 is 0 Å². The van der Waals surface area contributed by atoms with Gasteiger partial charge in [-0.15, -0.1) is 0 Å². The number of H-pyrrole nitrogens is 1. The molecule has 2 N–H and O–H groups in total. The molecule has 76 valence electrons. The Labute approximate surface area is 87.3 Å². The van der Waals surface area contributed by atoms with Crippen LogP contribution >= 0.6 is 0 Å². The van der Waals surface area contributed by atoms with Crippen LogP contribution in [-0.2, 0) is 0 Å². The third kappa shape index (κ3) is 2.04. The minimum absolute atomic E-state index is 0.146. The summed E-state index contributed by atoms with van der Waals surface area (Å²) in [6, 6.07) is 9.33. The highest BCUT2D eigenvalue weighted by Crippen LogP contribution is 2.09. The summed E-state index contributed by atoms with van der Waals surface area (Å²) < 4.78 is 0. The van der Waals surface area contributed by atoms with Gasteiger partial charge in [-0.3, -0.25) is 9.89 Å². The van der Waals surface area contributed by atoms with Gasteiger partial charge in [-0.1, -0.05) is 18.2 Å². The molecule has 4 heteroatoms. The fourth-order valence-electron chi connectivity index (χ4n) is 1.31. The Morgan fingerprint density at radius 1 is 1.33 bits per heavy atom. The molecule has 0 fully saturated rings. The van der Waals surface area contributed by atoms with E-state index in [-0.39, 0.29) is 5.91 Å². The van der Waals surface area contributed by atoms with E-state index in [4.69, 9.17) is 0 Å². The number of aryl methyl sites for hydroxylation is 1. The smallest absolute Gasteiger partial charge is 0.259 e. The summed E-state index contributed by atoms with van der Waals surface area (Å²) in [6.45, 7) is 1.79. The highest BCUT2D eigenvalue weighted by molar-refractivity contribution is 6.04. The molecule has 0 bridgehead atoms. The van der Waals surface area contributed by atoms with Crippen LogP contribution in [0.4, 0.5) is 5.69 Å². The van der Waals surface area contributed by atoms with Crippen LogP contribution in [0, 0.1) is 6.92 Å². The molecule has 15 heavy (non-hydrogen) atoms. The third-order valence-corrected chi connectivity index (χ3v) is 2.11. The lowest BCUT2D eigenvalue weighted by molar-refractivity contribution is 0.102. The van der Waals surface area contributed by atoms with Gasteiger partial charge < -0.3 is 5.32 Å². The number of amides is 1. The first-order valence-electron chi connectivity index (χ1n) is 4.64. The second-order valence-corrected chi connectivity index (χ2v) is 3.20. The SMILES string of the molecule is Cc1n[nH]cc1C(=O)Nc1ccccc1. The molecule has 0 aliphatic heterocycles. The van der Waals surface area contributed by atoms with E-state index in [1.54, 1.807) is 13.1 Å². The quantitative estimate of drug-likeness (QED) is 0.780. The number of carbonyl (C=O) groups excluding carboxylic acids is 1. The molecule has 1 amide bonds. The number of hydrogen-bond donors (Lipinski definition) is 2. The van der Waals surface area contributed by atoms with E-state index in [2.05, 4.69) is 15.5 Å². The van der Waals surface area contributed by atoms with Crippen LogP contribution in [0.5, 0.6) is 0 Å². The average molecular weight is 201 g/mol. The van der Waals surface area contributed by atoms with Crippen LogP contribution < -0.4 is 5.32 Å². The number of rotatable bonds is 2. The van der Waals surface area contributed by atoms with Crippen molar-refractivity contribution in [2.75, 3.05) is 5.32 Å². The second kappa shape index (κ2) is 3.96. The van der Waals surface area contributed by atoms with Crippen LogP contribution in [0.1, 0.15) is 16.1 Å². The topological polar surface area (TPSA) is 57.8 Å². The molecule has 0 aliphatic carbocycles. The van der Waals surface area contributed by atoms with E-state index in [9.17, 15) is 4.79 Å². The molecule has 4 nitrogen and oxygen atoms in total. The maximum absolute atomic E-state index is 11.7. The summed E-state index contributed by atoms with van der Waals surface area (Å²) in [4.78, 5) is 11.7. The summed E-state index contributed by atoms with van der Waals surface area (Å²) in [5.41, 5.74) is 2.05. The van der Waals surface area contributed by atoms with Crippen molar-refractivity contribution in [3.05, 3.63) is 47.8 Å². The van der Waals surface area contributed by atoms with Gasteiger partial charge in [0.2, 0.25) is 0 Å². The number of hydrogen-bond acceptors (Lipinski definition) is 2. The Morgan fingerprint density at radius 3 is 2.67 bits per heavy atom. The first kappa shape index (κ1) is 9.45. The lowest BCUT2D eigenvalue weighted by atomic mass is 10.2. The number of aromatic nitrogens is 2. The largest absolute Gasteiger partial charge is 0.322 e. The number of carbonyl (C=O) groups is 1. The van der Waals surface area contributed by atoms with Gasteiger partial charge in [-0.05, 0) is 19.1 Å². The molecular weight excluding hydrogens is 190 g/mol. The molecule has 0 aliphatic rings. The summed E-state index contributed by atoms with van der Waals surface area (Å²) >= 11 is 0. The monoisotopic (exact) mass is 201 g/mol. The van der Waals surface area contributed by atoms with Crippen molar-refractivity contribution in [2.45, 2.75) is 6.92 Å². The summed E-state index contributed by atoms with van der Waals surface area (Å²) in [5.74, 6) is -0.146. The minimum Gasteiger partial charge on any atom is -0.322 e. The Hall–Kier alpha value is -2.10. The van der Waals surface area contributed by atoms with Crippen molar-refractivity contribution in [3.63, 3.8) is 0 Å². The van der Waals surface area contributed by atoms with E-state index >= 15 is 0 Å². The van der Waals surface area contributed by atoms with Crippen LogP contribution in [-0.4, -0.2) is 16.1 Å². The summed E-state index contributed by atoms with van der Waals surface area (Å²) in [5, 5.41) is 9.33. The van der Waals surface area contributed by atoms with Crippen molar-refractivity contribution in [2.24, 2.45) is 0 Å². The predicted molar refractivity (Wildman–Crippen MR) is 57.7 cm³/mol. The zero-order valence-corrected chi connectivity index (χ0v) is 8.32. The number of aromatic amines is 1. The van der Waals surface area contributed by atoms with Crippen molar-refractivity contribution in [3.8, 4) is 0 Å². The Balaban J connectivity index is 2.15. The van der Waals surface area contributed by atoms with Gasteiger partial charge >= 0.3 is 0 Å². The fourth-order valence-corrected chi connectivity index (χ4v) is 1.31. The lowest BCUT2D eigenvalue weighted by Crippen LogP contribution is -2.12. The molecule has 0 saturated carbocycles. The van der Waals surface area contributed by atoms with Gasteiger partial charge in [0.1, 0.15) is 0 Å². The van der Waals surface area contributed by atoms with Gasteiger partial charge in [0.15, 0.2) is 0 Å². The van der Waals surface area contributed by atoms with Crippen LogP contribution in [0.25, 0.3) is 0 Å². The van der Waals surface area contributed by atoms with Crippen molar-refractivity contribution >= 4 is 11.6 Å². The number of para-hydroxylation sites is 1. The molecule has 1 aromatic carbocycles. The molecule has 0 spiro atoms. The summed E-state index contributed by atoms with van der Waals surface area (Å²) in [6.07, 6.45) is 1.59. The molecular formula is C11H11N3O. The van der Waals surface area contributed by atoms with Gasteiger partial charge in [-0.25, -0.2) is 0 Å². The van der Waals surface area contributed by atoms with Crippen LogP contribution in [0.2, 0.25) is 0 Å². The standard InChI is InChI=1S/C11H11N3O/c1-8-10(7-12-14-8)11(15)13-9-5-3-2-4-6-9/h2-7H,1H3,(H,12,14)(H,13,15). The molecule has 0 saturated heterocycles. The molecule has 2 rings (SSSR count).